The van der Waals surface area contributed by atoms with E-state index in [0.717, 1.165) is 16.4 Å². The third-order valence-corrected chi connectivity index (χ3v) is 4.01. The molecule has 0 amide bonds. The Balaban J connectivity index is 1.96. The first kappa shape index (κ1) is 13.1. The highest BCUT2D eigenvalue weighted by molar-refractivity contribution is 7.15. The molecule has 1 aromatic carbocycles. The van der Waals surface area contributed by atoms with Crippen LogP contribution < -0.4 is 10.5 Å². The topological polar surface area (TPSA) is 52.5 Å². The molecule has 2 aromatic heterocycles. The van der Waals surface area contributed by atoms with Crippen LogP contribution in [-0.2, 0) is 6.54 Å². The number of benzene rings is 1. The van der Waals surface area contributed by atoms with E-state index in [1.165, 1.54) is 5.56 Å². The van der Waals surface area contributed by atoms with E-state index < -0.39 is 0 Å². The summed E-state index contributed by atoms with van der Waals surface area (Å²) in [6.07, 6.45) is 1.96. The van der Waals surface area contributed by atoms with Crippen molar-refractivity contribution in [3.05, 3.63) is 47.1 Å². The van der Waals surface area contributed by atoms with Gasteiger partial charge in [-0.25, -0.2) is 0 Å². The summed E-state index contributed by atoms with van der Waals surface area (Å²) in [5.41, 5.74) is 7.96. The minimum absolute atomic E-state index is 0.400. The van der Waals surface area contributed by atoms with Gasteiger partial charge in [0, 0.05) is 18.1 Å². The lowest BCUT2D eigenvalue weighted by Gasteiger charge is -2.09. The van der Waals surface area contributed by atoms with Crippen LogP contribution in [0.25, 0.3) is 4.96 Å². The Morgan fingerprint density at radius 1 is 1.40 bits per heavy atom. The molecule has 2 heterocycles. The van der Waals surface area contributed by atoms with E-state index in [9.17, 15) is 0 Å². The summed E-state index contributed by atoms with van der Waals surface area (Å²) in [4.78, 5) is 5.40. The van der Waals surface area contributed by atoms with Crippen molar-refractivity contribution in [2.45, 2.75) is 26.3 Å². The first-order valence-corrected chi connectivity index (χ1v) is 7.49. The summed E-state index contributed by atoms with van der Waals surface area (Å²) in [6.45, 7) is 4.73. The van der Waals surface area contributed by atoms with Crippen LogP contribution in [0.4, 0.5) is 0 Å². The highest BCUT2D eigenvalue weighted by Crippen LogP contribution is 2.29. The molecule has 20 heavy (non-hydrogen) atoms. The lowest BCUT2D eigenvalue weighted by atomic mass is 10.0. The first-order chi connectivity index (χ1) is 9.69. The molecule has 104 valence electrons. The van der Waals surface area contributed by atoms with Gasteiger partial charge in [-0.3, -0.25) is 4.40 Å². The van der Waals surface area contributed by atoms with Crippen LogP contribution in [-0.4, -0.2) is 9.38 Å². The van der Waals surface area contributed by atoms with Gasteiger partial charge in [0.2, 0.25) is 5.88 Å². The second kappa shape index (κ2) is 5.26. The molecule has 0 aliphatic heterocycles. The van der Waals surface area contributed by atoms with Gasteiger partial charge in [0.05, 0.1) is 0 Å². The van der Waals surface area contributed by atoms with Crippen LogP contribution in [0, 0.1) is 0 Å². The van der Waals surface area contributed by atoms with Gasteiger partial charge >= 0.3 is 0 Å². The fourth-order valence-electron chi connectivity index (χ4n) is 2.13. The number of aromatic nitrogens is 2. The van der Waals surface area contributed by atoms with Gasteiger partial charge in [0.25, 0.3) is 0 Å². The van der Waals surface area contributed by atoms with E-state index in [4.69, 9.17) is 10.5 Å². The quantitative estimate of drug-likeness (QED) is 0.794. The van der Waals surface area contributed by atoms with Gasteiger partial charge in [-0.1, -0.05) is 26.0 Å². The van der Waals surface area contributed by atoms with E-state index in [1.54, 1.807) is 11.3 Å². The Kier molecular flexibility index (Phi) is 3.46. The molecule has 0 aliphatic rings. The molecule has 4 nitrogen and oxygen atoms in total. The summed E-state index contributed by atoms with van der Waals surface area (Å²) < 4.78 is 7.91. The van der Waals surface area contributed by atoms with Crippen LogP contribution >= 0.6 is 11.3 Å². The van der Waals surface area contributed by atoms with Crippen molar-refractivity contribution in [1.29, 1.82) is 0 Å². The number of nitrogens with zero attached hydrogens (tertiary/aromatic N) is 2. The van der Waals surface area contributed by atoms with E-state index in [0.29, 0.717) is 18.3 Å². The lowest BCUT2D eigenvalue weighted by Crippen LogP contribution is -2.01. The second-order valence-electron chi connectivity index (χ2n) is 4.95. The third-order valence-electron chi connectivity index (χ3n) is 3.26. The first-order valence-electron chi connectivity index (χ1n) is 6.61. The van der Waals surface area contributed by atoms with Crippen molar-refractivity contribution >= 4 is 16.3 Å². The Morgan fingerprint density at radius 3 is 3.00 bits per heavy atom. The molecular weight excluding hydrogens is 270 g/mol. The van der Waals surface area contributed by atoms with Gasteiger partial charge in [-0.05, 0) is 23.6 Å². The molecule has 0 radical (unpaired) electrons. The van der Waals surface area contributed by atoms with Crippen molar-refractivity contribution in [3.63, 3.8) is 0 Å². The number of ether oxygens (including phenoxy) is 1. The number of thiazole rings is 1. The van der Waals surface area contributed by atoms with E-state index in [2.05, 4.69) is 31.0 Å². The fourth-order valence-corrected chi connectivity index (χ4v) is 2.85. The van der Waals surface area contributed by atoms with Crippen LogP contribution in [0.5, 0.6) is 11.6 Å². The molecule has 2 N–H and O–H groups in total. The van der Waals surface area contributed by atoms with Gasteiger partial charge in [-0.2, -0.15) is 4.98 Å². The average molecular weight is 287 g/mol. The number of rotatable bonds is 4. The monoisotopic (exact) mass is 287 g/mol. The molecule has 0 spiro atoms. The predicted octanol–water partition coefficient (Wildman–Crippen LogP) is 3.77. The van der Waals surface area contributed by atoms with Crippen LogP contribution in [0.3, 0.4) is 0 Å². The predicted molar refractivity (Wildman–Crippen MR) is 81.6 cm³/mol. The average Bonchev–Trinajstić information content (AvgIpc) is 2.99. The Hall–Kier alpha value is -1.85. The largest absolute Gasteiger partial charge is 0.437 e. The minimum Gasteiger partial charge on any atom is -0.437 e. The standard InChI is InChI=1S/C15H17N3OS/c1-10(2)11-4-3-5-12(8-11)19-14-13(9-16)18-6-7-20-15(18)17-14/h3-8,10H,9,16H2,1-2H3. The smallest absolute Gasteiger partial charge is 0.243 e. The van der Waals surface area contributed by atoms with E-state index >= 15 is 0 Å². The van der Waals surface area contributed by atoms with Gasteiger partial charge in [0.1, 0.15) is 11.4 Å². The Labute approximate surface area is 121 Å². The molecule has 0 saturated heterocycles. The highest BCUT2D eigenvalue weighted by atomic mass is 32.1. The minimum atomic E-state index is 0.400. The summed E-state index contributed by atoms with van der Waals surface area (Å²) in [5, 5.41) is 1.99. The molecule has 0 bridgehead atoms. The van der Waals surface area contributed by atoms with E-state index in [1.807, 2.05) is 28.1 Å². The molecule has 0 fully saturated rings. The second-order valence-corrected chi connectivity index (χ2v) is 5.83. The SMILES string of the molecule is CC(C)c1cccc(Oc2nc3sccn3c2CN)c1. The molecular formula is C15H17N3OS. The van der Waals surface area contributed by atoms with Crippen LogP contribution in [0.1, 0.15) is 31.0 Å². The maximum atomic E-state index is 5.93. The molecule has 3 rings (SSSR count). The fraction of sp³-hybridized carbons (Fsp3) is 0.267. The van der Waals surface area contributed by atoms with Crippen molar-refractivity contribution in [1.82, 2.24) is 9.38 Å². The zero-order valence-corrected chi connectivity index (χ0v) is 12.4. The zero-order valence-electron chi connectivity index (χ0n) is 11.5. The number of fused-ring (bicyclic) bond motifs is 1. The maximum absolute atomic E-state index is 5.93. The number of hydrogen-bond acceptors (Lipinski definition) is 4. The van der Waals surface area contributed by atoms with Crippen LogP contribution in [0.2, 0.25) is 0 Å². The summed E-state index contributed by atoms with van der Waals surface area (Å²) >= 11 is 1.57. The van der Waals surface area contributed by atoms with Gasteiger partial charge < -0.3 is 10.5 Å². The van der Waals surface area contributed by atoms with Gasteiger partial charge in [-0.15, -0.1) is 11.3 Å². The normalized spacial score (nSPS) is 11.4. The number of nitrogens with two attached hydrogens (primary N) is 1. The molecule has 0 aliphatic carbocycles. The zero-order chi connectivity index (χ0) is 14.1. The Bertz CT molecular complexity index is 730. The van der Waals surface area contributed by atoms with Crippen LogP contribution in [0.15, 0.2) is 35.8 Å². The third kappa shape index (κ3) is 2.30. The maximum Gasteiger partial charge on any atom is 0.243 e. The number of hydrogen-bond donors (Lipinski definition) is 1. The summed E-state index contributed by atoms with van der Waals surface area (Å²) in [6, 6.07) is 8.11. The molecule has 3 aromatic rings. The van der Waals surface area contributed by atoms with Crippen molar-refractivity contribution < 1.29 is 4.74 Å². The molecule has 0 atom stereocenters. The van der Waals surface area contributed by atoms with E-state index in [-0.39, 0.29) is 0 Å². The molecule has 5 heteroatoms. The molecule has 0 saturated carbocycles. The number of imidazole rings is 1. The highest BCUT2D eigenvalue weighted by Gasteiger charge is 2.14. The van der Waals surface area contributed by atoms with Gasteiger partial charge in [0.15, 0.2) is 4.96 Å². The Morgan fingerprint density at radius 2 is 2.25 bits per heavy atom. The van der Waals surface area contributed by atoms with Crippen molar-refractivity contribution in [3.8, 4) is 11.6 Å². The lowest BCUT2D eigenvalue weighted by molar-refractivity contribution is 0.458. The summed E-state index contributed by atoms with van der Waals surface area (Å²) in [5.74, 6) is 1.87. The summed E-state index contributed by atoms with van der Waals surface area (Å²) in [7, 11) is 0. The van der Waals surface area contributed by atoms with Crippen molar-refractivity contribution in [2.75, 3.05) is 0 Å². The van der Waals surface area contributed by atoms with Crippen molar-refractivity contribution in [2.24, 2.45) is 5.73 Å². The molecule has 0 unspecified atom stereocenters.